The van der Waals surface area contributed by atoms with Gasteiger partial charge in [0.1, 0.15) is 0 Å². The summed E-state index contributed by atoms with van der Waals surface area (Å²) in [4.78, 5) is 26.7. The lowest BCUT2D eigenvalue weighted by molar-refractivity contribution is -0.137. The van der Waals surface area contributed by atoms with Crippen molar-refractivity contribution in [2.45, 2.75) is 25.3 Å². The van der Waals surface area contributed by atoms with Crippen molar-refractivity contribution >= 4 is 23.3 Å². The van der Waals surface area contributed by atoms with Gasteiger partial charge in [-0.15, -0.1) is 0 Å². The summed E-state index contributed by atoms with van der Waals surface area (Å²) in [7, 11) is 0. The van der Waals surface area contributed by atoms with Gasteiger partial charge in [-0.1, -0.05) is 29.8 Å². The summed E-state index contributed by atoms with van der Waals surface area (Å²) in [5, 5.41) is 3.03. The molecule has 0 bridgehead atoms. The van der Waals surface area contributed by atoms with Crippen LogP contribution in [-0.2, 0) is 17.5 Å². The summed E-state index contributed by atoms with van der Waals surface area (Å²) in [6.07, 6.45) is -4.50. The maximum absolute atomic E-state index is 12.8. The van der Waals surface area contributed by atoms with Gasteiger partial charge in [0.25, 0.3) is 5.91 Å². The van der Waals surface area contributed by atoms with Crippen molar-refractivity contribution in [3.05, 3.63) is 70.2 Å². The van der Waals surface area contributed by atoms with E-state index in [2.05, 4.69) is 5.32 Å². The van der Waals surface area contributed by atoms with E-state index < -0.39 is 29.7 Å². The Morgan fingerprint density at radius 3 is 2.53 bits per heavy atom. The molecule has 1 saturated heterocycles. The summed E-state index contributed by atoms with van der Waals surface area (Å²) in [6, 6.07) is 11.4. The number of halogens is 4. The molecule has 0 radical (unpaired) electrons. The second kappa shape index (κ2) is 9.16. The van der Waals surface area contributed by atoms with Gasteiger partial charge in [-0.05, 0) is 42.3 Å². The highest BCUT2D eigenvalue weighted by atomic mass is 35.5. The van der Waals surface area contributed by atoms with Crippen LogP contribution in [0.5, 0.6) is 0 Å². The zero-order valence-electron chi connectivity index (χ0n) is 16.0. The lowest BCUT2D eigenvalue weighted by Gasteiger charge is -2.24. The normalized spacial score (nSPS) is 19.6. The molecule has 0 spiro atoms. The van der Waals surface area contributed by atoms with E-state index in [-0.39, 0.29) is 17.9 Å². The van der Waals surface area contributed by atoms with Crippen LogP contribution in [0.1, 0.15) is 27.9 Å². The number of amides is 1. The van der Waals surface area contributed by atoms with Crippen molar-refractivity contribution in [1.82, 2.24) is 10.2 Å². The van der Waals surface area contributed by atoms with Gasteiger partial charge < -0.3 is 11.1 Å². The van der Waals surface area contributed by atoms with Crippen molar-refractivity contribution in [2.75, 3.05) is 13.1 Å². The predicted molar refractivity (Wildman–Crippen MR) is 107 cm³/mol. The van der Waals surface area contributed by atoms with Crippen LogP contribution in [0, 0.1) is 5.92 Å². The van der Waals surface area contributed by atoms with E-state index >= 15 is 0 Å². The number of carbonyl (C=O) groups is 2. The van der Waals surface area contributed by atoms with Gasteiger partial charge in [-0.25, -0.2) is 0 Å². The minimum atomic E-state index is -4.55. The summed E-state index contributed by atoms with van der Waals surface area (Å²) in [6.45, 7) is 0.905. The topological polar surface area (TPSA) is 75.4 Å². The Labute approximate surface area is 177 Å². The number of likely N-dealkylation sites (tertiary alicyclic amines) is 1. The molecule has 1 aliphatic heterocycles. The molecule has 1 aliphatic rings. The van der Waals surface area contributed by atoms with Crippen LogP contribution in [0.2, 0.25) is 5.02 Å². The third-order valence-corrected chi connectivity index (χ3v) is 5.40. The van der Waals surface area contributed by atoms with Crippen LogP contribution < -0.4 is 11.1 Å². The largest absolute Gasteiger partial charge is 0.416 e. The zero-order chi connectivity index (χ0) is 21.9. The van der Waals surface area contributed by atoms with Crippen molar-refractivity contribution in [1.29, 1.82) is 0 Å². The van der Waals surface area contributed by atoms with Crippen LogP contribution in [0.15, 0.2) is 48.5 Å². The Balaban J connectivity index is 1.55. The summed E-state index contributed by atoms with van der Waals surface area (Å²) < 4.78 is 38.4. The monoisotopic (exact) mass is 439 g/mol. The summed E-state index contributed by atoms with van der Waals surface area (Å²) in [5.41, 5.74) is 6.17. The fourth-order valence-corrected chi connectivity index (χ4v) is 3.60. The number of Topliss-reactive ketones (excluding diaryl/α,β-unsaturated/α-hetero) is 1. The van der Waals surface area contributed by atoms with Crippen molar-refractivity contribution in [3.63, 3.8) is 0 Å². The lowest BCUT2D eigenvalue weighted by Crippen LogP contribution is -2.44. The van der Waals surface area contributed by atoms with Gasteiger partial charge >= 0.3 is 6.18 Å². The lowest BCUT2D eigenvalue weighted by atomic mass is 10.0. The number of rotatable bonds is 6. The molecule has 0 aromatic heterocycles. The maximum atomic E-state index is 12.8. The number of ketones is 1. The van der Waals surface area contributed by atoms with E-state index in [1.54, 1.807) is 12.1 Å². The number of hydrogen-bond acceptors (Lipinski definition) is 4. The van der Waals surface area contributed by atoms with E-state index in [1.165, 1.54) is 6.07 Å². The average molecular weight is 440 g/mol. The van der Waals surface area contributed by atoms with Crippen LogP contribution in [-0.4, -0.2) is 35.8 Å². The second-order valence-electron chi connectivity index (χ2n) is 7.21. The standard InChI is InChI=1S/C21H21ClF3N3O2/c22-16-6-4-13(5-7-16)12-28-9-8-17(19(28)26)18(29)11-27-20(30)14-2-1-3-15(10-14)21(23,24)25/h1-7,10,17,19H,8-9,11-12,26H2,(H,27,30)/t17?,19-/m0/s1. The van der Waals surface area contributed by atoms with Gasteiger partial charge in [-0.3, -0.25) is 14.5 Å². The molecule has 5 nitrogen and oxygen atoms in total. The van der Waals surface area contributed by atoms with E-state index in [1.807, 2.05) is 17.0 Å². The first-order valence-electron chi connectivity index (χ1n) is 9.37. The highest BCUT2D eigenvalue weighted by Crippen LogP contribution is 2.29. The van der Waals surface area contributed by atoms with Gasteiger partial charge in [-0.2, -0.15) is 13.2 Å². The van der Waals surface area contributed by atoms with Crippen molar-refractivity contribution < 1.29 is 22.8 Å². The second-order valence-corrected chi connectivity index (χ2v) is 7.65. The SMILES string of the molecule is N[C@@H]1C(C(=O)CNC(=O)c2cccc(C(F)(F)F)c2)CCN1Cc1ccc(Cl)cc1. The summed E-state index contributed by atoms with van der Waals surface area (Å²) >= 11 is 5.88. The highest BCUT2D eigenvalue weighted by molar-refractivity contribution is 6.30. The van der Waals surface area contributed by atoms with Gasteiger partial charge in [0.15, 0.2) is 5.78 Å². The van der Waals surface area contributed by atoms with Crippen LogP contribution >= 0.6 is 11.6 Å². The fourth-order valence-electron chi connectivity index (χ4n) is 3.48. The molecule has 9 heteroatoms. The van der Waals surface area contributed by atoms with Crippen molar-refractivity contribution in [2.24, 2.45) is 11.7 Å². The fraction of sp³-hybridized carbons (Fsp3) is 0.333. The number of nitrogens with zero attached hydrogens (tertiary/aromatic N) is 1. The Bertz CT molecular complexity index is 918. The minimum absolute atomic E-state index is 0.155. The Kier molecular flexibility index (Phi) is 6.80. The molecular weight excluding hydrogens is 419 g/mol. The van der Waals surface area contributed by atoms with E-state index in [4.69, 9.17) is 17.3 Å². The van der Waals surface area contributed by atoms with Gasteiger partial charge in [0, 0.05) is 29.6 Å². The highest BCUT2D eigenvalue weighted by Gasteiger charge is 2.36. The molecule has 2 atom stereocenters. The average Bonchev–Trinajstić information content (AvgIpc) is 3.07. The van der Waals surface area contributed by atoms with Crippen LogP contribution in [0.4, 0.5) is 13.2 Å². The Morgan fingerprint density at radius 2 is 1.87 bits per heavy atom. The van der Waals surface area contributed by atoms with Crippen LogP contribution in [0.3, 0.4) is 0 Å². The van der Waals surface area contributed by atoms with E-state index in [0.717, 1.165) is 23.8 Å². The molecule has 3 rings (SSSR count). The maximum Gasteiger partial charge on any atom is 0.416 e. The first kappa shape index (κ1) is 22.3. The smallest absolute Gasteiger partial charge is 0.345 e. The molecule has 1 amide bonds. The molecule has 3 N–H and O–H groups in total. The molecule has 2 aromatic carbocycles. The third-order valence-electron chi connectivity index (χ3n) is 5.15. The molecule has 0 saturated carbocycles. The summed E-state index contributed by atoms with van der Waals surface area (Å²) in [5.74, 6) is -1.44. The molecule has 1 fully saturated rings. The molecular formula is C21H21ClF3N3O2. The van der Waals surface area contributed by atoms with Crippen LogP contribution in [0.25, 0.3) is 0 Å². The Hall–Kier alpha value is -2.42. The number of nitrogens with one attached hydrogen (secondary N) is 1. The first-order valence-corrected chi connectivity index (χ1v) is 9.75. The molecule has 1 unspecified atom stereocenters. The Morgan fingerprint density at radius 1 is 1.17 bits per heavy atom. The molecule has 30 heavy (non-hydrogen) atoms. The first-order chi connectivity index (χ1) is 14.1. The molecule has 0 aliphatic carbocycles. The number of carbonyl (C=O) groups excluding carboxylic acids is 2. The molecule has 2 aromatic rings. The van der Waals surface area contributed by atoms with E-state index in [9.17, 15) is 22.8 Å². The quantitative estimate of drug-likeness (QED) is 0.722. The molecule has 160 valence electrons. The number of nitrogens with two attached hydrogens (primary N) is 1. The van der Waals surface area contributed by atoms with Gasteiger partial charge in [0.2, 0.25) is 0 Å². The third kappa shape index (κ3) is 5.38. The number of benzene rings is 2. The molecule has 1 heterocycles. The van der Waals surface area contributed by atoms with E-state index in [0.29, 0.717) is 24.5 Å². The van der Waals surface area contributed by atoms with Gasteiger partial charge in [0.05, 0.1) is 18.3 Å². The minimum Gasteiger partial charge on any atom is -0.345 e. The number of hydrogen-bond donors (Lipinski definition) is 2. The zero-order valence-corrected chi connectivity index (χ0v) is 16.7. The van der Waals surface area contributed by atoms with Crippen molar-refractivity contribution in [3.8, 4) is 0 Å². The predicted octanol–water partition coefficient (Wildman–Crippen LogP) is 3.46. The number of alkyl halides is 3.